The highest BCUT2D eigenvalue weighted by Crippen LogP contribution is 2.63. The molecule has 210 valence electrons. The molecule has 0 nitrogen and oxygen atoms in total. The molecule has 0 aromatic heterocycles. The standard InChI is InChI=1S/C36H56P2/c1-33(2,3)37(34(4,5)6)29-23-21-25-17-13-15-19-27(25)31(29)32-28-20-16-14-18-26(28)22-24-30(32)38(35(7,8)9)36(10,11)12/h21-24H,13-20H2,1-12H3. The van der Waals surface area contributed by atoms with Gasteiger partial charge >= 0.3 is 0 Å². The van der Waals surface area contributed by atoms with Crippen molar-refractivity contribution in [3.8, 4) is 11.1 Å². The van der Waals surface area contributed by atoms with Crippen LogP contribution in [0.25, 0.3) is 11.1 Å². The SMILES string of the molecule is CC(C)(C)P(c1ccc2c(c1-c1c(P(C(C)(C)C)C(C)(C)C)ccc3c1CCCC3)CCCC2)C(C)(C)C. The van der Waals surface area contributed by atoms with Crippen LogP contribution in [0.2, 0.25) is 0 Å². The van der Waals surface area contributed by atoms with Crippen molar-refractivity contribution in [2.24, 2.45) is 0 Å². The molecular weight excluding hydrogens is 494 g/mol. The predicted octanol–water partition coefficient (Wildman–Crippen LogP) is 10.5. The fraction of sp³-hybridized carbons (Fsp3) is 0.667. The van der Waals surface area contributed by atoms with E-state index in [0.717, 1.165) is 0 Å². The summed E-state index contributed by atoms with van der Waals surface area (Å²) in [5.74, 6) is 0. The van der Waals surface area contributed by atoms with Crippen LogP contribution in [0.4, 0.5) is 0 Å². The zero-order valence-corrected chi connectivity index (χ0v) is 28.6. The first kappa shape index (κ1) is 30.3. The summed E-state index contributed by atoms with van der Waals surface area (Å²) in [4.78, 5) is 0. The van der Waals surface area contributed by atoms with Crippen LogP contribution in [0, 0.1) is 0 Å². The van der Waals surface area contributed by atoms with E-state index in [1.54, 1.807) is 44.0 Å². The molecule has 2 heteroatoms. The largest absolute Gasteiger partial charge is 0.0636 e. The smallest absolute Gasteiger partial charge is 0.00624 e. The highest BCUT2D eigenvalue weighted by molar-refractivity contribution is 7.69. The minimum absolute atomic E-state index is 0.249. The van der Waals surface area contributed by atoms with Gasteiger partial charge in [-0.05, 0) is 116 Å². The van der Waals surface area contributed by atoms with Crippen LogP contribution < -0.4 is 10.6 Å². The maximum atomic E-state index is 2.62. The number of hydrogen-bond acceptors (Lipinski definition) is 0. The van der Waals surface area contributed by atoms with Crippen molar-refractivity contribution in [2.45, 2.75) is 155 Å². The summed E-state index contributed by atoms with van der Waals surface area (Å²) in [5, 5.41) is 4.38. The highest BCUT2D eigenvalue weighted by atomic mass is 31.1. The predicted molar refractivity (Wildman–Crippen MR) is 177 cm³/mol. The Morgan fingerprint density at radius 1 is 0.421 bits per heavy atom. The summed E-state index contributed by atoms with van der Waals surface area (Å²) in [7, 11) is -0.783. The van der Waals surface area contributed by atoms with Gasteiger partial charge in [-0.15, -0.1) is 0 Å². The Hall–Kier alpha value is -0.700. The first-order chi connectivity index (χ1) is 17.4. The van der Waals surface area contributed by atoms with Gasteiger partial charge in [0.15, 0.2) is 0 Å². The molecule has 0 spiro atoms. The van der Waals surface area contributed by atoms with Gasteiger partial charge in [0.2, 0.25) is 0 Å². The van der Waals surface area contributed by atoms with E-state index in [1.165, 1.54) is 51.4 Å². The summed E-state index contributed by atoms with van der Waals surface area (Å²) in [6.45, 7) is 30.1. The maximum absolute atomic E-state index is 2.62. The average Bonchev–Trinajstić information content (AvgIpc) is 2.75. The summed E-state index contributed by atoms with van der Waals surface area (Å²) in [6, 6.07) is 10.3. The minimum Gasteiger partial charge on any atom is -0.0636 e. The van der Waals surface area contributed by atoms with Crippen molar-refractivity contribution in [1.29, 1.82) is 0 Å². The van der Waals surface area contributed by atoms with Crippen molar-refractivity contribution in [2.75, 3.05) is 0 Å². The van der Waals surface area contributed by atoms with Gasteiger partial charge in [-0.2, -0.15) is 0 Å². The molecule has 4 rings (SSSR count). The average molecular weight is 551 g/mol. The van der Waals surface area contributed by atoms with E-state index in [0.29, 0.717) is 0 Å². The van der Waals surface area contributed by atoms with Crippen LogP contribution in [0.5, 0.6) is 0 Å². The molecule has 0 aliphatic heterocycles. The molecule has 38 heavy (non-hydrogen) atoms. The maximum Gasteiger partial charge on any atom is -0.00624 e. The van der Waals surface area contributed by atoms with Gasteiger partial charge in [0.1, 0.15) is 0 Å². The van der Waals surface area contributed by atoms with Crippen LogP contribution in [0.3, 0.4) is 0 Å². The van der Waals surface area contributed by atoms with Crippen molar-refractivity contribution >= 4 is 26.5 Å². The number of aryl methyl sites for hydroxylation is 2. The van der Waals surface area contributed by atoms with Gasteiger partial charge in [0.05, 0.1) is 0 Å². The molecular formula is C36H56P2. The fourth-order valence-corrected chi connectivity index (χ4v) is 16.3. The van der Waals surface area contributed by atoms with Crippen molar-refractivity contribution in [1.82, 2.24) is 0 Å². The van der Waals surface area contributed by atoms with Crippen LogP contribution in [-0.4, -0.2) is 20.6 Å². The lowest BCUT2D eigenvalue weighted by molar-refractivity contribution is 0.681. The van der Waals surface area contributed by atoms with Gasteiger partial charge in [0.25, 0.3) is 0 Å². The van der Waals surface area contributed by atoms with Crippen molar-refractivity contribution in [3.05, 3.63) is 46.5 Å². The topological polar surface area (TPSA) is 0 Å². The summed E-state index contributed by atoms with van der Waals surface area (Å²) >= 11 is 0. The highest BCUT2D eigenvalue weighted by Gasteiger charge is 2.42. The molecule has 0 N–H and O–H groups in total. The van der Waals surface area contributed by atoms with Gasteiger partial charge in [-0.1, -0.05) is 123 Å². The second kappa shape index (κ2) is 10.6. The Balaban J connectivity index is 2.19. The van der Waals surface area contributed by atoms with E-state index in [2.05, 4.69) is 107 Å². The van der Waals surface area contributed by atoms with E-state index < -0.39 is 15.8 Å². The number of hydrogen-bond donors (Lipinski definition) is 0. The van der Waals surface area contributed by atoms with E-state index in [1.807, 2.05) is 0 Å². The summed E-state index contributed by atoms with van der Waals surface area (Å²) in [5.41, 5.74) is 10.1. The van der Waals surface area contributed by atoms with Gasteiger partial charge in [-0.3, -0.25) is 0 Å². The molecule has 0 amide bonds. The van der Waals surface area contributed by atoms with Crippen LogP contribution in [-0.2, 0) is 25.7 Å². The molecule has 0 bridgehead atoms. The van der Waals surface area contributed by atoms with Crippen LogP contribution >= 0.6 is 15.8 Å². The molecule has 2 aromatic rings. The lowest BCUT2D eigenvalue weighted by atomic mass is 9.81. The molecule has 0 radical (unpaired) electrons. The molecule has 2 aliphatic carbocycles. The Labute approximate surface area is 238 Å². The van der Waals surface area contributed by atoms with E-state index in [4.69, 9.17) is 0 Å². The summed E-state index contributed by atoms with van der Waals surface area (Å²) < 4.78 is 0. The second-order valence-corrected chi connectivity index (χ2v) is 23.6. The number of rotatable bonds is 3. The molecule has 2 aromatic carbocycles. The lowest BCUT2D eigenvalue weighted by Gasteiger charge is -2.46. The zero-order valence-electron chi connectivity index (χ0n) is 26.9. The fourth-order valence-electron chi connectivity index (χ4n) is 8.02. The monoisotopic (exact) mass is 550 g/mol. The third-order valence-electron chi connectivity index (χ3n) is 8.44. The first-order valence-corrected chi connectivity index (χ1v) is 18.0. The number of benzene rings is 2. The number of fused-ring (bicyclic) bond motifs is 2. The Bertz CT molecular complexity index is 1040. The normalized spacial score (nSPS) is 17.1. The van der Waals surface area contributed by atoms with Gasteiger partial charge in [-0.25, -0.2) is 0 Å². The quantitative estimate of drug-likeness (QED) is 0.334. The Morgan fingerprint density at radius 2 is 0.711 bits per heavy atom. The summed E-state index contributed by atoms with van der Waals surface area (Å²) in [6.07, 6.45) is 10.4. The minimum atomic E-state index is -0.391. The zero-order chi connectivity index (χ0) is 28.3. The van der Waals surface area contributed by atoms with Crippen molar-refractivity contribution in [3.63, 3.8) is 0 Å². The molecule has 0 heterocycles. The second-order valence-electron chi connectivity index (χ2n) is 16.0. The van der Waals surface area contributed by atoms with Gasteiger partial charge in [0, 0.05) is 0 Å². The molecule has 0 saturated carbocycles. The van der Waals surface area contributed by atoms with E-state index in [9.17, 15) is 0 Å². The molecule has 0 atom stereocenters. The van der Waals surface area contributed by atoms with Gasteiger partial charge < -0.3 is 0 Å². The lowest BCUT2D eigenvalue weighted by Crippen LogP contribution is -2.35. The first-order valence-electron chi connectivity index (χ1n) is 15.3. The van der Waals surface area contributed by atoms with Crippen molar-refractivity contribution < 1.29 is 0 Å². The Kier molecular flexibility index (Phi) is 8.45. The molecule has 2 aliphatic rings. The third-order valence-corrected chi connectivity index (χ3v) is 15.5. The molecule has 0 saturated heterocycles. The van der Waals surface area contributed by atoms with Crippen LogP contribution in [0.15, 0.2) is 24.3 Å². The molecule has 0 unspecified atom stereocenters. The molecule has 0 fully saturated rings. The third kappa shape index (κ3) is 5.99. The Morgan fingerprint density at radius 3 is 1.00 bits per heavy atom. The van der Waals surface area contributed by atoms with E-state index >= 15 is 0 Å². The van der Waals surface area contributed by atoms with Crippen LogP contribution in [0.1, 0.15) is 131 Å². The van der Waals surface area contributed by atoms with E-state index in [-0.39, 0.29) is 20.6 Å².